The fourth-order valence-electron chi connectivity index (χ4n) is 2.77. The number of hydrogen-bond donors (Lipinski definition) is 1. The summed E-state index contributed by atoms with van der Waals surface area (Å²) in [6, 6.07) is 4.12. The van der Waals surface area contributed by atoms with Crippen LogP contribution in [0.15, 0.2) is 30.6 Å². The molecule has 5 nitrogen and oxygen atoms in total. The SMILES string of the molecule is NCc1ncc(C(=O)N2CCc3cccc(C(F)(F)F)c3C2)cn1. The first-order chi connectivity index (χ1) is 11.4. The summed E-state index contributed by atoms with van der Waals surface area (Å²) in [6.07, 6.45) is -1.36. The zero-order valence-corrected chi connectivity index (χ0v) is 12.7. The van der Waals surface area contributed by atoms with E-state index in [9.17, 15) is 18.0 Å². The van der Waals surface area contributed by atoms with Crippen LogP contribution in [0.3, 0.4) is 0 Å². The van der Waals surface area contributed by atoms with Crippen LogP contribution < -0.4 is 5.73 Å². The van der Waals surface area contributed by atoms with Crippen LogP contribution in [0, 0.1) is 0 Å². The average molecular weight is 336 g/mol. The Morgan fingerprint density at radius 1 is 1.25 bits per heavy atom. The average Bonchev–Trinajstić information content (AvgIpc) is 2.59. The molecule has 2 heterocycles. The fourth-order valence-corrected chi connectivity index (χ4v) is 2.77. The Kier molecular flexibility index (Phi) is 4.23. The number of nitrogens with two attached hydrogens (primary N) is 1. The first-order valence-electron chi connectivity index (χ1n) is 7.38. The van der Waals surface area contributed by atoms with Gasteiger partial charge in [0.1, 0.15) is 5.82 Å². The number of halogens is 3. The van der Waals surface area contributed by atoms with Crippen molar-refractivity contribution in [1.82, 2.24) is 14.9 Å². The Morgan fingerprint density at radius 2 is 1.96 bits per heavy atom. The lowest BCUT2D eigenvalue weighted by atomic mass is 9.94. The number of fused-ring (bicyclic) bond motifs is 1. The van der Waals surface area contributed by atoms with Crippen LogP contribution in [0.2, 0.25) is 0 Å². The van der Waals surface area contributed by atoms with Gasteiger partial charge in [0, 0.05) is 25.5 Å². The highest BCUT2D eigenvalue weighted by molar-refractivity contribution is 5.93. The van der Waals surface area contributed by atoms with Gasteiger partial charge in [-0.2, -0.15) is 13.2 Å². The van der Waals surface area contributed by atoms with Crippen molar-refractivity contribution in [2.75, 3.05) is 6.54 Å². The molecule has 1 aliphatic heterocycles. The normalized spacial score (nSPS) is 14.4. The number of rotatable bonds is 2. The number of carbonyl (C=O) groups is 1. The Hall–Kier alpha value is -2.48. The Bertz CT molecular complexity index is 759. The molecule has 2 aromatic rings. The van der Waals surface area contributed by atoms with E-state index in [4.69, 9.17) is 5.73 Å². The summed E-state index contributed by atoms with van der Waals surface area (Å²) in [5.41, 5.74) is 5.74. The number of amides is 1. The third-order valence-corrected chi connectivity index (χ3v) is 4.00. The number of alkyl halides is 3. The van der Waals surface area contributed by atoms with Crippen molar-refractivity contribution in [1.29, 1.82) is 0 Å². The molecule has 1 aromatic heterocycles. The van der Waals surface area contributed by atoms with Crippen molar-refractivity contribution in [3.8, 4) is 0 Å². The highest BCUT2D eigenvalue weighted by Crippen LogP contribution is 2.35. The minimum Gasteiger partial charge on any atom is -0.334 e. The van der Waals surface area contributed by atoms with Gasteiger partial charge in [-0.3, -0.25) is 4.79 Å². The van der Waals surface area contributed by atoms with Gasteiger partial charge in [-0.25, -0.2) is 9.97 Å². The molecule has 24 heavy (non-hydrogen) atoms. The summed E-state index contributed by atoms with van der Waals surface area (Å²) in [5.74, 6) is 0.0103. The Morgan fingerprint density at radius 3 is 2.58 bits per heavy atom. The van der Waals surface area contributed by atoms with Gasteiger partial charge >= 0.3 is 6.18 Å². The van der Waals surface area contributed by atoms with E-state index in [1.54, 1.807) is 6.07 Å². The van der Waals surface area contributed by atoms with Crippen LogP contribution in [-0.2, 0) is 25.7 Å². The summed E-state index contributed by atoms with van der Waals surface area (Å²) >= 11 is 0. The molecule has 0 radical (unpaired) electrons. The van der Waals surface area contributed by atoms with Crippen molar-refractivity contribution >= 4 is 5.91 Å². The molecule has 1 amide bonds. The van der Waals surface area contributed by atoms with Crippen molar-refractivity contribution in [3.63, 3.8) is 0 Å². The van der Waals surface area contributed by atoms with E-state index in [1.165, 1.54) is 23.4 Å². The quantitative estimate of drug-likeness (QED) is 0.912. The first kappa shape index (κ1) is 16.4. The second-order valence-electron chi connectivity index (χ2n) is 5.51. The van der Waals surface area contributed by atoms with E-state index in [2.05, 4.69) is 9.97 Å². The zero-order chi connectivity index (χ0) is 17.3. The fraction of sp³-hybridized carbons (Fsp3) is 0.312. The van der Waals surface area contributed by atoms with Gasteiger partial charge in [0.25, 0.3) is 5.91 Å². The lowest BCUT2D eigenvalue weighted by Gasteiger charge is -2.30. The number of carbonyl (C=O) groups excluding carboxylic acids is 1. The van der Waals surface area contributed by atoms with Gasteiger partial charge in [0.2, 0.25) is 0 Å². The molecular formula is C16H15F3N4O. The van der Waals surface area contributed by atoms with Crippen LogP contribution in [0.1, 0.15) is 32.9 Å². The first-order valence-corrected chi connectivity index (χ1v) is 7.38. The van der Waals surface area contributed by atoms with Gasteiger partial charge in [-0.1, -0.05) is 12.1 Å². The van der Waals surface area contributed by atoms with Crippen molar-refractivity contribution in [2.45, 2.75) is 25.7 Å². The van der Waals surface area contributed by atoms with E-state index in [0.29, 0.717) is 24.4 Å². The van der Waals surface area contributed by atoms with E-state index in [0.717, 1.165) is 6.07 Å². The van der Waals surface area contributed by atoms with Crippen molar-refractivity contribution in [3.05, 3.63) is 58.7 Å². The minimum absolute atomic E-state index is 0.0809. The number of nitrogens with zero attached hydrogens (tertiary/aromatic N) is 3. The van der Waals surface area contributed by atoms with Crippen LogP contribution in [0.25, 0.3) is 0 Å². The second kappa shape index (κ2) is 6.20. The molecule has 0 saturated carbocycles. The predicted molar refractivity (Wildman–Crippen MR) is 79.8 cm³/mol. The third-order valence-electron chi connectivity index (χ3n) is 4.00. The molecule has 0 fully saturated rings. The Balaban J connectivity index is 1.87. The third kappa shape index (κ3) is 3.09. The van der Waals surface area contributed by atoms with Gasteiger partial charge in [0.15, 0.2) is 0 Å². The lowest BCUT2D eigenvalue weighted by Crippen LogP contribution is -2.37. The van der Waals surface area contributed by atoms with Gasteiger partial charge in [0.05, 0.1) is 17.7 Å². The standard InChI is InChI=1S/C16H15F3N4O/c17-16(18,19)13-3-1-2-10-4-5-23(9-12(10)13)15(24)11-7-21-14(6-20)22-8-11/h1-3,7-8H,4-6,9,20H2. The van der Waals surface area contributed by atoms with E-state index >= 15 is 0 Å². The second-order valence-corrected chi connectivity index (χ2v) is 5.51. The molecule has 0 unspecified atom stereocenters. The molecule has 0 spiro atoms. The van der Waals surface area contributed by atoms with Crippen molar-refractivity contribution < 1.29 is 18.0 Å². The number of aromatic nitrogens is 2. The van der Waals surface area contributed by atoms with Crippen LogP contribution in [0.5, 0.6) is 0 Å². The zero-order valence-electron chi connectivity index (χ0n) is 12.7. The van der Waals surface area contributed by atoms with Crippen LogP contribution >= 0.6 is 0 Å². The number of benzene rings is 1. The minimum atomic E-state index is -4.44. The Labute approximate surface area is 136 Å². The van der Waals surface area contributed by atoms with E-state index in [-0.39, 0.29) is 30.1 Å². The van der Waals surface area contributed by atoms with E-state index < -0.39 is 11.7 Å². The maximum atomic E-state index is 13.2. The van der Waals surface area contributed by atoms with Crippen LogP contribution in [0.4, 0.5) is 13.2 Å². The molecule has 0 bridgehead atoms. The molecule has 0 atom stereocenters. The maximum Gasteiger partial charge on any atom is 0.416 e. The smallest absolute Gasteiger partial charge is 0.334 e. The van der Waals surface area contributed by atoms with Crippen LogP contribution in [-0.4, -0.2) is 27.3 Å². The molecule has 2 N–H and O–H groups in total. The molecule has 0 saturated heterocycles. The highest BCUT2D eigenvalue weighted by atomic mass is 19.4. The molecule has 1 aromatic carbocycles. The molecule has 1 aliphatic rings. The molecular weight excluding hydrogens is 321 g/mol. The predicted octanol–water partition coefficient (Wildman–Crippen LogP) is 2.15. The largest absolute Gasteiger partial charge is 0.416 e. The van der Waals surface area contributed by atoms with Gasteiger partial charge in [-0.15, -0.1) is 0 Å². The molecule has 0 aliphatic carbocycles. The van der Waals surface area contributed by atoms with Crippen molar-refractivity contribution in [2.24, 2.45) is 5.73 Å². The maximum absolute atomic E-state index is 13.2. The topological polar surface area (TPSA) is 72.1 Å². The van der Waals surface area contributed by atoms with Gasteiger partial charge in [-0.05, 0) is 23.6 Å². The summed E-state index contributed by atoms with van der Waals surface area (Å²) in [4.78, 5) is 21.8. The molecule has 126 valence electrons. The van der Waals surface area contributed by atoms with Gasteiger partial charge < -0.3 is 10.6 Å². The number of hydrogen-bond acceptors (Lipinski definition) is 4. The summed E-state index contributed by atoms with van der Waals surface area (Å²) in [5, 5.41) is 0. The highest BCUT2D eigenvalue weighted by Gasteiger charge is 2.36. The lowest BCUT2D eigenvalue weighted by molar-refractivity contribution is -0.138. The molecule has 8 heteroatoms. The summed E-state index contributed by atoms with van der Waals surface area (Å²) < 4.78 is 39.5. The monoisotopic (exact) mass is 336 g/mol. The molecule has 3 rings (SSSR count). The summed E-state index contributed by atoms with van der Waals surface area (Å²) in [7, 11) is 0. The summed E-state index contributed by atoms with van der Waals surface area (Å²) in [6.45, 7) is 0.425. The van der Waals surface area contributed by atoms with E-state index in [1.807, 2.05) is 0 Å².